The van der Waals surface area contributed by atoms with E-state index >= 15 is 0 Å². The molecule has 1 saturated heterocycles. The Morgan fingerprint density at radius 1 is 1.04 bits per heavy atom. The molecule has 1 aliphatic rings. The Balaban J connectivity index is 1.78. The number of ether oxygens (including phenoxy) is 1. The fourth-order valence-electron chi connectivity index (χ4n) is 2.80. The molecule has 2 aromatic carbocycles. The van der Waals surface area contributed by atoms with Crippen LogP contribution in [0, 0.1) is 0 Å². The number of morpholine rings is 1. The van der Waals surface area contributed by atoms with Gasteiger partial charge in [-0.05, 0) is 30.3 Å². The van der Waals surface area contributed by atoms with E-state index in [2.05, 4.69) is 10.6 Å². The summed E-state index contributed by atoms with van der Waals surface area (Å²) in [6.07, 6.45) is -4.64. The van der Waals surface area contributed by atoms with Crippen LogP contribution in [0.2, 0.25) is 5.02 Å². The van der Waals surface area contributed by atoms with Crippen LogP contribution < -0.4 is 15.5 Å². The van der Waals surface area contributed by atoms with Gasteiger partial charge in [-0.3, -0.25) is 0 Å². The summed E-state index contributed by atoms with van der Waals surface area (Å²) in [7, 11) is 0. The highest BCUT2D eigenvalue weighted by Gasteiger charge is 2.34. The van der Waals surface area contributed by atoms with Gasteiger partial charge in [-0.25, -0.2) is 4.79 Å². The lowest BCUT2D eigenvalue weighted by Gasteiger charge is -2.30. The predicted octanol–water partition coefficient (Wildman–Crippen LogP) is 4.84. The molecular formula is C18H17ClF3N3O2. The normalized spacial score (nSPS) is 14.7. The van der Waals surface area contributed by atoms with Crippen molar-refractivity contribution in [2.45, 2.75) is 6.18 Å². The number of para-hydroxylation sites is 2. The average molecular weight is 400 g/mol. The quantitative estimate of drug-likeness (QED) is 0.776. The molecule has 0 spiro atoms. The minimum atomic E-state index is -4.64. The summed E-state index contributed by atoms with van der Waals surface area (Å²) in [5.74, 6) is 0. The van der Waals surface area contributed by atoms with Crippen LogP contribution in [-0.4, -0.2) is 32.3 Å². The average Bonchev–Trinajstić information content (AvgIpc) is 2.63. The second kappa shape index (κ2) is 8.06. The van der Waals surface area contributed by atoms with Crippen LogP contribution in [0.15, 0.2) is 42.5 Å². The molecule has 3 rings (SSSR count). The number of rotatable bonds is 3. The molecule has 1 aliphatic heterocycles. The van der Waals surface area contributed by atoms with Crippen LogP contribution >= 0.6 is 11.6 Å². The lowest BCUT2D eigenvalue weighted by Crippen LogP contribution is -2.37. The molecule has 0 aliphatic carbocycles. The molecule has 27 heavy (non-hydrogen) atoms. The second-order valence-electron chi connectivity index (χ2n) is 5.88. The minimum Gasteiger partial charge on any atom is -0.378 e. The van der Waals surface area contributed by atoms with Gasteiger partial charge in [0.25, 0.3) is 0 Å². The summed E-state index contributed by atoms with van der Waals surface area (Å²) in [5.41, 5.74) is -0.0950. The SMILES string of the molecule is O=C(Nc1ccccc1N1CCOCC1)Nc1ccc(Cl)cc1C(F)(F)F. The van der Waals surface area contributed by atoms with Crippen LogP contribution in [0.25, 0.3) is 0 Å². The van der Waals surface area contributed by atoms with Gasteiger partial charge in [0.1, 0.15) is 0 Å². The minimum absolute atomic E-state index is 0.0639. The number of amides is 2. The first-order chi connectivity index (χ1) is 12.8. The third kappa shape index (κ3) is 4.84. The molecule has 5 nitrogen and oxygen atoms in total. The zero-order valence-electron chi connectivity index (χ0n) is 14.1. The summed E-state index contributed by atoms with van der Waals surface area (Å²) in [6, 6.07) is 9.51. The van der Waals surface area contributed by atoms with Gasteiger partial charge in [0.05, 0.1) is 35.8 Å². The molecule has 2 amide bonds. The number of nitrogens with one attached hydrogen (secondary N) is 2. The highest BCUT2D eigenvalue weighted by Crippen LogP contribution is 2.36. The Bertz CT molecular complexity index is 824. The van der Waals surface area contributed by atoms with E-state index in [1.165, 1.54) is 6.07 Å². The summed E-state index contributed by atoms with van der Waals surface area (Å²) in [4.78, 5) is 14.4. The van der Waals surface area contributed by atoms with Gasteiger partial charge in [-0.15, -0.1) is 0 Å². The Labute approximate surface area is 159 Å². The van der Waals surface area contributed by atoms with E-state index in [1.54, 1.807) is 12.1 Å². The van der Waals surface area contributed by atoms with E-state index in [-0.39, 0.29) is 10.7 Å². The maximum absolute atomic E-state index is 13.2. The number of carbonyl (C=O) groups is 1. The van der Waals surface area contributed by atoms with Crippen molar-refractivity contribution in [1.29, 1.82) is 0 Å². The maximum Gasteiger partial charge on any atom is 0.418 e. The van der Waals surface area contributed by atoms with Crippen molar-refractivity contribution in [3.8, 4) is 0 Å². The Kier molecular flexibility index (Phi) is 5.76. The molecule has 1 heterocycles. The molecule has 1 fully saturated rings. The van der Waals surface area contributed by atoms with Gasteiger partial charge in [0, 0.05) is 18.1 Å². The number of urea groups is 1. The first-order valence-electron chi connectivity index (χ1n) is 8.21. The van der Waals surface area contributed by atoms with E-state index in [0.717, 1.165) is 17.8 Å². The van der Waals surface area contributed by atoms with Crippen molar-refractivity contribution < 1.29 is 22.7 Å². The largest absolute Gasteiger partial charge is 0.418 e. The Morgan fingerprint density at radius 3 is 2.41 bits per heavy atom. The highest BCUT2D eigenvalue weighted by atomic mass is 35.5. The number of hydrogen-bond donors (Lipinski definition) is 2. The van der Waals surface area contributed by atoms with Crippen LogP contribution in [0.5, 0.6) is 0 Å². The molecule has 2 aromatic rings. The fraction of sp³-hybridized carbons (Fsp3) is 0.278. The van der Waals surface area contributed by atoms with Crippen molar-refractivity contribution in [3.63, 3.8) is 0 Å². The van der Waals surface area contributed by atoms with Gasteiger partial charge in [-0.2, -0.15) is 13.2 Å². The lowest BCUT2D eigenvalue weighted by atomic mass is 10.1. The van der Waals surface area contributed by atoms with Gasteiger partial charge in [-0.1, -0.05) is 23.7 Å². The predicted molar refractivity (Wildman–Crippen MR) is 98.6 cm³/mol. The molecule has 0 bridgehead atoms. The molecule has 144 valence electrons. The highest BCUT2D eigenvalue weighted by molar-refractivity contribution is 6.30. The van der Waals surface area contributed by atoms with Crippen molar-refractivity contribution in [1.82, 2.24) is 0 Å². The van der Waals surface area contributed by atoms with E-state index in [9.17, 15) is 18.0 Å². The Morgan fingerprint density at radius 2 is 1.70 bits per heavy atom. The zero-order chi connectivity index (χ0) is 19.4. The maximum atomic E-state index is 13.2. The molecule has 0 saturated carbocycles. The second-order valence-corrected chi connectivity index (χ2v) is 6.32. The number of carbonyl (C=O) groups excluding carboxylic acids is 1. The lowest BCUT2D eigenvalue weighted by molar-refractivity contribution is -0.136. The molecule has 0 unspecified atom stereocenters. The number of alkyl halides is 3. The molecule has 0 aromatic heterocycles. The number of halogens is 4. The van der Waals surface area contributed by atoms with Crippen molar-refractivity contribution in [2.75, 3.05) is 41.8 Å². The number of anilines is 3. The van der Waals surface area contributed by atoms with Crippen LogP contribution in [-0.2, 0) is 10.9 Å². The summed E-state index contributed by atoms with van der Waals surface area (Å²) >= 11 is 5.65. The smallest absolute Gasteiger partial charge is 0.378 e. The molecular weight excluding hydrogens is 383 g/mol. The summed E-state index contributed by atoms with van der Waals surface area (Å²) in [6.45, 7) is 2.46. The summed E-state index contributed by atoms with van der Waals surface area (Å²) < 4.78 is 44.8. The standard InChI is InChI=1S/C18H17ClF3N3O2/c19-12-5-6-14(13(11-12)18(20,21)22)23-17(26)24-15-3-1-2-4-16(15)25-7-9-27-10-8-25/h1-6,11H,7-10H2,(H2,23,24,26). The van der Waals surface area contributed by atoms with Crippen LogP contribution in [0.4, 0.5) is 35.0 Å². The number of benzene rings is 2. The number of nitrogens with zero attached hydrogens (tertiary/aromatic N) is 1. The summed E-state index contributed by atoms with van der Waals surface area (Å²) in [5, 5.41) is 4.80. The van der Waals surface area contributed by atoms with E-state index in [4.69, 9.17) is 16.3 Å². The molecule has 9 heteroatoms. The van der Waals surface area contributed by atoms with Gasteiger partial charge in [0.15, 0.2) is 0 Å². The third-order valence-corrected chi connectivity index (χ3v) is 4.27. The van der Waals surface area contributed by atoms with Gasteiger partial charge >= 0.3 is 12.2 Å². The van der Waals surface area contributed by atoms with Crippen LogP contribution in [0.1, 0.15) is 5.56 Å². The van der Waals surface area contributed by atoms with Gasteiger partial charge in [0.2, 0.25) is 0 Å². The van der Waals surface area contributed by atoms with Crippen molar-refractivity contribution in [2.24, 2.45) is 0 Å². The van der Waals surface area contributed by atoms with Crippen LogP contribution in [0.3, 0.4) is 0 Å². The van der Waals surface area contributed by atoms with Gasteiger partial charge < -0.3 is 20.3 Å². The van der Waals surface area contributed by atoms with E-state index in [1.807, 2.05) is 17.0 Å². The molecule has 0 radical (unpaired) electrons. The fourth-order valence-corrected chi connectivity index (χ4v) is 2.97. The zero-order valence-corrected chi connectivity index (χ0v) is 14.9. The number of hydrogen-bond acceptors (Lipinski definition) is 3. The van der Waals surface area contributed by atoms with E-state index < -0.39 is 17.8 Å². The topological polar surface area (TPSA) is 53.6 Å². The Hall–Kier alpha value is -2.45. The first kappa shape index (κ1) is 19.3. The first-order valence-corrected chi connectivity index (χ1v) is 8.59. The molecule has 0 atom stereocenters. The third-order valence-electron chi connectivity index (χ3n) is 4.04. The van der Waals surface area contributed by atoms with E-state index in [0.29, 0.717) is 32.0 Å². The monoisotopic (exact) mass is 399 g/mol. The molecule has 2 N–H and O–H groups in total. The van der Waals surface area contributed by atoms with Crippen molar-refractivity contribution >= 4 is 34.7 Å². The van der Waals surface area contributed by atoms with Crippen molar-refractivity contribution in [3.05, 3.63) is 53.1 Å².